The summed E-state index contributed by atoms with van der Waals surface area (Å²) in [6.07, 6.45) is -5.52. The molecule has 0 aromatic carbocycles. The van der Waals surface area contributed by atoms with E-state index in [0.717, 1.165) is 13.1 Å². The van der Waals surface area contributed by atoms with Gasteiger partial charge in [0.2, 0.25) is 5.91 Å². The zero-order valence-electron chi connectivity index (χ0n) is 11.9. The first-order valence-electron chi connectivity index (χ1n) is 6.41. The van der Waals surface area contributed by atoms with E-state index in [2.05, 4.69) is 15.0 Å². The van der Waals surface area contributed by atoms with Crippen LogP contribution in [0.2, 0.25) is 0 Å². The van der Waals surface area contributed by atoms with Crippen LogP contribution in [0.1, 0.15) is 27.7 Å². The van der Waals surface area contributed by atoms with E-state index in [0.29, 0.717) is 6.54 Å². The van der Waals surface area contributed by atoms with Gasteiger partial charge >= 0.3 is 6.18 Å². The highest BCUT2D eigenvalue weighted by molar-refractivity contribution is 5.80. The summed E-state index contributed by atoms with van der Waals surface area (Å²) in [5, 5.41) is 2.59. The van der Waals surface area contributed by atoms with Crippen LogP contribution in [0.15, 0.2) is 0 Å². The predicted molar refractivity (Wildman–Crippen MR) is 66.9 cm³/mol. The van der Waals surface area contributed by atoms with Crippen molar-refractivity contribution in [3.05, 3.63) is 0 Å². The van der Waals surface area contributed by atoms with Gasteiger partial charge in [0.15, 0.2) is 0 Å². The van der Waals surface area contributed by atoms with Gasteiger partial charge in [0.1, 0.15) is 12.7 Å². The van der Waals surface area contributed by atoms with E-state index in [1.54, 1.807) is 0 Å². The molecule has 0 aliphatic heterocycles. The lowest BCUT2D eigenvalue weighted by molar-refractivity contribution is -0.185. The molecule has 0 aliphatic carbocycles. The van der Waals surface area contributed by atoms with Gasteiger partial charge in [-0.25, -0.2) is 0 Å². The van der Waals surface area contributed by atoms with Crippen molar-refractivity contribution in [1.29, 1.82) is 0 Å². The Kier molecular flexibility index (Phi) is 8.01. The van der Waals surface area contributed by atoms with Gasteiger partial charge in [-0.15, -0.1) is 0 Å². The second-order valence-electron chi connectivity index (χ2n) is 4.38. The van der Waals surface area contributed by atoms with Gasteiger partial charge in [-0.1, -0.05) is 13.8 Å². The summed E-state index contributed by atoms with van der Waals surface area (Å²) in [7, 11) is 0. The zero-order chi connectivity index (χ0) is 15.1. The number of hydrogen-bond acceptors (Lipinski definition) is 3. The molecule has 1 N–H and O–H groups in total. The highest BCUT2D eigenvalue weighted by atomic mass is 19.4. The van der Waals surface area contributed by atoms with Crippen LogP contribution in [0, 0.1) is 0 Å². The summed E-state index contributed by atoms with van der Waals surface area (Å²) in [5.74, 6) is -0.525. The fraction of sp³-hybridized carbons (Fsp3) is 0.917. The van der Waals surface area contributed by atoms with Crippen LogP contribution in [0.5, 0.6) is 0 Å². The third-order valence-electron chi connectivity index (χ3n) is 2.87. The van der Waals surface area contributed by atoms with Crippen LogP contribution in [-0.4, -0.2) is 55.4 Å². The molecule has 0 heterocycles. The third-order valence-corrected chi connectivity index (χ3v) is 2.87. The normalized spacial score (nSPS) is 15.4. The van der Waals surface area contributed by atoms with Crippen molar-refractivity contribution in [1.82, 2.24) is 10.2 Å². The van der Waals surface area contributed by atoms with Crippen LogP contribution in [0.3, 0.4) is 0 Å². The van der Waals surface area contributed by atoms with E-state index < -0.39 is 24.8 Å². The Morgan fingerprint density at radius 1 is 1.26 bits per heavy atom. The number of alkyl halides is 3. The molecule has 4 nitrogen and oxygen atoms in total. The summed E-state index contributed by atoms with van der Waals surface area (Å²) in [5.41, 5.74) is 0. The average molecular weight is 284 g/mol. The number of rotatable bonds is 8. The molecule has 2 atom stereocenters. The van der Waals surface area contributed by atoms with Crippen LogP contribution in [0.4, 0.5) is 13.2 Å². The van der Waals surface area contributed by atoms with Crippen LogP contribution in [-0.2, 0) is 9.53 Å². The Morgan fingerprint density at radius 2 is 1.79 bits per heavy atom. The lowest BCUT2D eigenvalue weighted by Gasteiger charge is -2.27. The molecule has 0 unspecified atom stereocenters. The minimum absolute atomic E-state index is 0.133. The van der Waals surface area contributed by atoms with Gasteiger partial charge < -0.3 is 10.1 Å². The lowest BCUT2D eigenvalue weighted by Crippen LogP contribution is -2.45. The van der Waals surface area contributed by atoms with Gasteiger partial charge in [0.25, 0.3) is 0 Å². The van der Waals surface area contributed by atoms with Crippen molar-refractivity contribution in [3.63, 3.8) is 0 Å². The summed E-state index contributed by atoms with van der Waals surface area (Å²) < 4.78 is 40.2. The second kappa shape index (κ2) is 8.37. The van der Waals surface area contributed by atoms with Gasteiger partial charge in [-0.2, -0.15) is 13.2 Å². The Bertz CT molecular complexity index is 268. The van der Waals surface area contributed by atoms with Crippen molar-refractivity contribution >= 4 is 5.91 Å². The highest BCUT2D eigenvalue weighted by Gasteiger charge is 2.29. The molecule has 0 saturated carbocycles. The molecule has 0 fully saturated rings. The lowest BCUT2D eigenvalue weighted by atomic mass is 10.2. The van der Waals surface area contributed by atoms with Crippen LogP contribution < -0.4 is 5.32 Å². The minimum Gasteiger partial charge on any atom is -0.359 e. The standard InChI is InChI=1S/C12H23F3N2O2/c1-5-17(6-2)9(3)7-16-11(18)10(4)19-8-12(13,14)15/h9-10H,5-8H2,1-4H3,(H,16,18)/t9-,10+/m1/s1. The molecule has 0 rings (SSSR count). The van der Waals surface area contributed by atoms with E-state index >= 15 is 0 Å². The molecule has 7 heteroatoms. The number of carbonyl (C=O) groups excluding carboxylic acids is 1. The first-order chi connectivity index (χ1) is 8.71. The fourth-order valence-electron chi connectivity index (χ4n) is 1.66. The van der Waals surface area contributed by atoms with Gasteiger partial charge in [-0.05, 0) is 26.9 Å². The third kappa shape index (κ3) is 8.05. The molecule has 1 amide bonds. The molecule has 0 saturated heterocycles. The number of carbonyl (C=O) groups is 1. The van der Waals surface area contributed by atoms with Crippen molar-refractivity contribution in [2.45, 2.75) is 46.0 Å². The fourth-order valence-corrected chi connectivity index (χ4v) is 1.66. The Labute approximate surface area is 112 Å². The number of halogens is 3. The minimum atomic E-state index is -4.41. The monoisotopic (exact) mass is 284 g/mol. The maximum atomic E-state index is 11.9. The van der Waals surface area contributed by atoms with Gasteiger partial charge in [0.05, 0.1) is 0 Å². The smallest absolute Gasteiger partial charge is 0.359 e. The van der Waals surface area contributed by atoms with Gasteiger partial charge in [-0.3, -0.25) is 9.69 Å². The van der Waals surface area contributed by atoms with Crippen LogP contribution in [0.25, 0.3) is 0 Å². The molecule has 0 aliphatic rings. The number of nitrogens with zero attached hydrogens (tertiary/aromatic N) is 1. The Hall–Kier alpha value is -0.820. The average Bonchev–Trinajstić information content (AvgIpc) is 2.33. The highest BCUT2D eigenvalue weighted by Crippen LogP contribution is 2.15. The number of amides is 1. The SMILES string of the molecule is CCN(CC)[C@H](C)CNC(=O)[C@H](C)OCC(F)(F)F. The summed E-state index contributed by atoms with van der Waals surface area (Å²) >= 11 is 0. The summed E-state index contributed by atoms with van der Waals surface area (Å²) in [4.78, 5) is 13.7. The second-order valence-corrected chi connectivity index (χ2v) is 4.38. The first-order valence-corrected chi connectivity index (χ1v) is 6.41. The van der Waals surface area contributed by atoms with Crippen molar-refractivity contribution in [2.24, 2.45) is 0 Å². The number of likely N-dealkylation sites (N-methyl/N-ethyl adjacent to an activating group) is 1. The molecular weight excluding hydrogens is 261 g/mol. The van der Waals surface area contributed by atoms with E-state index in [1.807, 2.05) is 20.8 Å². The predicted octanol–water partition coefficient (Wildman–Crippen LogP) is 1.80. The van der Waals surface area contributed by atoms with E-state index in [-0.39, 0.29) is 6.04 Å². The number of hydrogen-bond donors (Lipinski definition) is 1. The largest absolute Gasteiger partial charge is 0.411 e. The summed E-state index contributed by atoms with van der Waals surface area (Å²) in [6.45, 7) is 7.97. The molecule has 19 heavy (non-hydrogen) atoms. The van der Waals surface area contributed by atoms with E-state index in [9.17, 15) is 18.0 Å². The van der Waals surface area contributed by atoms with Crippen LogP contribution >= 0.6 is 0 Å². The Balaban J connectivity index is 4.03. The first kappa shape index (κ1) is 18.2. The molecule has 114 valence electrons. The van der Waals surface area contributed by atoms with Crippen molar-refractivity contribution in [2.75, 3.05) is 26.2 Å². The Morgan fingerprint density at radius 3 is 2.21 bits per heavy atom. The number of nitrogens with one attached hydrogen (secondary N) is 1. The maximum absolute atomic E-state index is 11.9. The number of ether oxygens (including phenoxy) is 1. The van der Waals surface area contributed by atoms with E-state index in [4.69, 9.17) is 0 Å². The molecule has 0 spiro atoms. The zero-order valence-corrected chi connectivity index (χ0v) is 11.9. The molecular formula is C12H23F3N2O2. The van der Waals surface area contributed by atoms with Crippen molar-refractivity contribution < 1.29 is 22.7 Å². The molecule has 0 bridgehead atoms. The van der Waals surface area contributed by atoms with E-state index in [1.165, 1.54) is 6.92 Å². The topological polar surface area (TPSA) is 41.6 Å². The maximum Gasteiger partial charge on any atom is 0.411 e. The van der Waals surface area contributed by atoms with Gasteiger partial charge in [0, 0.05) is 12.6 Å². The molecule has 0 aromatic heterocycles. The quantitative estimate of drug-likeness (QED) is 0.739. The molecule has 0 aromatic rings. The summed E-state index contributed by atoms with van der Waals surface area (Å²) in [6, 6.07) is 0.133. The molecule has 0 radical (unpaired) electrons. The van der Waals surface area contributed by atoms with Crippen molar-refractivity contribution in [3.8, 4) is 0 Å².